The van der Waals surface area contributed by atoms with Gasteiger partial charge in [0.15, 0.2) is 5.54 Å². The van der Waals surface area contributed by atoms with Crippen LogP contribution in [0.5, 0.6) is 0 Å². The fourth-order valence-corrected chi connectivity index (χ4v) is 10.2. The Bertz CT molecular complexity index is 1490. The van der Waals surface area contributed by atoms with Crippen molar-refractivity contribution in [3.63, 3.8) is 0 Å². The van der Waals surface area contributed by atoms with Crippen LogP contribution in [-0.2, 0) is 9.53 Å². The topological polar surface area (TPSA) is 65.7 Å². The van der Waals surface area contributed by atoms with Gasteiger partial charge >= 0.3 is 5.97 Å². The molecule has 0 bridgehead atoms. The van der Waals surface area contributed by atoms with Crippen LogP contribution in [0.15, 0.2) is 71.3 Å². The standard InChI is InChI=1S/C36H41N3O2/c1-23-10-8-9-13-28(23)33-32-21-31-29-15-14-25-20-27(41-24(2)40)16-18-34(25,3)30(29)17-19-35(31,4)36(32,22-37)39(38-33)26-11-6-5-7-12-26/h5-14,27,29-32H,15-21H2,1-4H3. The summed E-state index contributed by atoms with van der Waals surface area (Å²) in [6.45, 7) is 8.59. The van der Waals surface area contributed by atoms with E-state index >= 15 is 0 Å². The van der Waals surface area contributed by atoms with Crippen LogP contribution in [0.4, 0.5) is 5.69 Å². The zero-order valence-corrected chi connectivity index (χ0v) is 24.8. The van der Waals surface area contributed by atoms with E-state index in [0.29, 0.717) is 17.8 Å². The molecule has 1 heterocycles. The summed E-state index contributed by atoms with van der Waals surface area (Å²) < 4.78 is 5.67. The van der Waals surface area contributed by atoms with Crippen LogP contribution in [0.25, 0.3) is 0 Å². The van der Waals surface area contributed by atoms with Crippen molar-refractivity contribution in [3.8, 4) is 6.07 Å². The summed E-state index contributed by atoms with van der Waals surface area (Å²) in [6.07, 6.45) is 9.60. The molecule has 0 saturated heterocycles. The molecular formula is C36H41N3O2. The molecule has 1 aliphatic heterocycles. The van der Waals surface area contributed by atoms with E-state index in [9.17, 15) is 10.1 Å². The Kier molecular flexibility index (Phi) is 6.02. The third-order valence-corrected chi connectivity index (χ3v) is 12.1. The lowest BCUT2D eigenvalue weighted by Gasteiger charge is -2.59. The number of fused-ring (bicyclic) bond motifs is 7. The van der Waals surface area contributed by atoms with Crippen LogP contribution < -0.4 is 5.01 Å². The number of rotatable bonds is 3. The maximum atomic E-state index is 11.7. The summed E-state index contributed by atoms with van der Waals surface area (Å²) in [6, 6.07) is 21.9. The van der Waals surface area contributed by atoms with E-state index in [1.165, 1.54) is 23.6 Å². The van der Waals surface area contributed by atoms with Gasteiger partial charge in [-0.3, -0.25) is 4.79 Å². The molecule has 2 aromatic carbocycles. The van der Waals surface area contributed by atoms with E-state index in [4.69, 9.17) is 9.84 Å². The van der Waals surface area contributed by atoms with Gasteiger partial charge in [0.2, 0.25) is 0 Å². The molecule has 2 aromatic rings. The van der Waals surface area contributed by atoms with Crippen molar-refractivity contribution in [2.45, 2.75) is 84.3 Å². The van der Waals surface area contributed by atoms with Crippen molar-refractivity contribution in [3.05, 3.63) is 77.4 Å². The van der Waals surface area contributed by atoms with Gasteiger partial charge in [-0.1, -0.05) is 68.0 Å². The van der Waals surface area contributed by atoms with Gasteiger partial charge < -0.3 is 4.74 Å². The molecule has 0 radical (unpaired) electrons. The highest BCUT2D eigenvalue weighted by Gasteiger charge is 2.73. The minimum absolute atomic E-state index is 0.0113. The number of hydrazone groups is 1. The number of para-hydroxylation sites is 1. The van der Waals surface area contributed by atoms with Crippen LogP contribution >= 0.6 is 0 Å². The first-order valence-corrected chi connectivity index (χ1v) is 15.5. The smallest absolute Gasteiger partial charge is 0.302 e. The van der Waals surface area contributed by atoms with Gasteiger partial charge in [0, 0.05) is 30.2 Å². The number of allylic oxidation sites excluding steroid dienone is 1. The number of benzene rings is 2. The Morgan fingerprint density at radius 1 is 1.05 bits per heavy atom. The highest BCUT2D eigenvalue weighted by atomic mass is 16.5. The maximum Gasteiger partial charge on any atom is 0.302 e. The van der Waals surface area contributed by atoms with Crippen LogP contribution in [0.3, 0.4) is 0 Å². The fraction of sp³-hybridized carbons (Fsp3) is 0.528. The first-order valence-electron chi connectivity index (χ1n) is 15.5. The number of hydrogen-bond acceptors (Lipinski definition) is 5. The van der Waals surface area contributed by atoms with Crippen LogP contribution in [0.2, 0.25) is 0 Å². The number of anilines is 1. The maximum absolute atomic E-state index is 11.7. The Morgan fingerprint density at radius 2 is 1.80 bits per heavy atom. The first kappa shape index (κ1) is 26.5. The molecule has 41 heavy (non-hydrogen) atoms. The highest BCUT2D eigenvalue weighted by Crippen LogP contribution is 2.71. The van der Waals surface area contributed by atoms with Gasteiger partial charge in [-0.05, 0) is 86.3 Å². The van der Waals surface area contributed by atoms with Gasteiger partial charge in [-0.15, -0.1) is 0 Å². The quantitative estimate of drug-likeness (QED) is 0.293. The van der Waals surface area contributed by atoms with Crippen molar-refractivity contribution in [2.24, 2.45) is 39.6 Å². The zero-order chi connectivity index (χ0) is 28.6. The minimum Gasteiger partial charge on any atom is -0.462 e. The van der Waals surface area contributed by atoms with Gasteiger partial charge in [-0.2, -0.15) is 10.4 Å². The number of nitrogens with zero attached hydrogens (tertiary/aromatic N) is 3. The molecule has 0 amide bonds. The number of carbonyl (C=O) groups excluding carboxylic acids is 1. The van der Waals surface area contributed by atoms with Crippen molar-refractivity contribution >= 4 is 17.4 Å². The van der Waals surface area contributed by atoms with E-state index < -0.39 is 5.54 Å². The van der Waals surface area contributed by atoms with Crippen LogP contribution in [0, 0.1) is 52.8 Å². The summed E-state index contributed by atoms with van der Waals surface area (Å²) in [5.74, 6) is 1.46. The summed E-state index contributed by atoms with van der Waals surface area (Å²) in [4.78, 5) is 11.7. The van der Waals surface area contributed by atoms with Gasteiger partial charge in [0.05, 0.1) is 17.5 Å². The third-order valence-electron chi connectivity index (χ3n) is 12.1. The number of aryl methyl sites for hydroxylation is 1. The number of esters is 1. The highest BCUT2D eigenvalue weighted by molar-refractivity contribution is 6.07. The lowest BCUT2D eigenvalue weighted by molar-refractivity contribution is -0.148. The summed E-state index contributed by atoms with van der Waals surface area (Å²) >= 11 is 0. The Labute approximate surface area is 244 Å². The molecule has 5 heteroatoms. The Hall–Kier alpha value is -3.39. The molecular weight excluding hydrogens is 506 g/mol. The van der Waals surface area contributed by atoms with Crippen molar-refractivity contribution in [2.75, 3.05) is 5.01 Å². The van der Waals surface area contributed by atoms with Crippen LogP contribution in [0.1, 0.15) is 76.8 Å². The number of nitriles is 1. The van der Waals surface area contributed by atoms with Crippen LogP contribution in [-0.4, -0.2) is 23.3 Å². The predicted octanol–water partition coefficient (Wildman–Crippen LogP) is 7.60. The van der Waals surface area contributed by atoms with E-state index in [2.05, 4.69) is 86.5 Å². The largest absolute Gasteiger partial charge is 0.462 e. The van der Waals surface area contributed by atoms with Crippen molar-refractivity contribution in [1.82, 2.24) is 0 Å². The fourth-order valence-electron chi connectivity index (χ4n) is 10.2. The second-order valence-electron chi connectivity index (χ2n) is 13.8. The average molecular weight is 548 g/mol. The number of ether oxygens (including phenoxy) is 1. The molecule has 212 valence electrons. The summed E-state index contributed by atoms with van der Waals surface area (Å²) in [7, 11) is 0. The van der Waals surface area contributed by atoms with E-state index in [0.717, 1.165) is 56.3 Å². The molecule has 8 unspecified atom stereocenters. The monoisotopic (exact) mass is 547 g/mol. The number of carbonyl (C=O) groups is 1. The average Bonchev–Trinajstić information content (AvgIpc) is 3.44. The lowest BCUT2D eigenvalue weighted by Crippen LogP contribution is -2.60. The Balaban J connectivity index is 1.31. The Morgan fingerprint density at radius 3 is 2.54 bits per heavy atom. The van der Waals surface area contributed by atoms with E-state index in [1.807, 2.05) is 6.07 Å². The SMILES string of the molecule is CC(=O)OC1CCC2(C)C(=CCC3C2CCC2(C)C3CC3C(c4ccccc4C)=NN(c4ccccc4)C32C#N)C1. The van der Waals surface area contributed by atoms with Crippen molar-refractivity contribution in [1.29, 1.82) is 5.26 Å². The predicted molar refractivity (Wildman–Crippen MR) is 161 cm³/mol. The molecule has 8 atom stereocenters. The molecule has 5 aliphatic rings. The second kappa shape index (κ2) is 9.31. The normalized spacial score (nSPS) is 38.9. The van der Waals surface area contributed by atoms with Crippen molar-refractivity contribution < 1.29 is 9.53 Å². The molecule has 5 nitrogen and oxygen atoms in total. The summed E-state index contributed by atoms with van der Waals surface area (Å²) in [5, 5.41) is 18.8. The van der Waals surface area contributed by atoms with E-state index in [1.54, 1.807) is 0 Å². The molecule has 4 aliphatic carbocycles. The first-order chi connectivity index (χ1) is 19.7. The molecule has 3 fully saturated rings. The molecule has 0 aromatic heterocycles. The molecule has 0 spiro atoms. The van der Waals surface area contributed by atoms with Gasteiger partial charge in [-0.25, -0.2) is 5.01 Å². The van der Waals surface area contributed by atoms with E-state index in [-0.39, 0.29) is 28.8 Å². The lowest BCUT2D eigenvalue weighted by atomic mass is 9.46. The minimum atomic E-state index is -0.723. The molecule has 3 saturated carbocycles. The number of hydrogen-bond donors (Lipinski definition) is 0. The van der Waals surface area contributed by atoms with Gasteiger partial charge in [0.1, 0.15) is 6.10 Å². The van der Waals surface area contributed by atoms with Gasteiger partial charge in [0.25, 0.3) is 0 Å². The second-order valence-corrected chi connectivity index (χ2v) is 13.8. The molecule has 7 rings (SSSR count). The third kappa shape index (κ3) is 3.58. The zero-order valence-electron chi connectivity index (χ0n) is 24.8. The summed E-state index contributed by atoms with van der Waals surface area (Å²) in [5.41, 5.74) is 5.22. The molecule has 0 N–H and O–H groups in total.